The van der Waals surface area contributed by atoms with Crippen molar-refractivity contribution in [2.45, 2.75) is 32.7 Å². The van der Waals surface area contributed by atoms with Crippen LogP contribution in [0, 0.1) is 0 Å². The molecule has 1 aromatic carbocycles. The van der Waals surface area contributed by atoms with Crippen molar-refractivity contribution in [3.63, 3.8) is 0 Å². The standard InChI is InChI=1S/C19H29ClN4O2/c1-3-4-9-21-18(25)14-23-10-12-24(13-11-23)15(2)19(26)22-17-7-5-16(20)6-8-17/h5-8,15H,3-4,9-14H2,1-2H3,(H,21,25)(H,22,26)/p+2/t15-/m0/s1. The van der Waals surface area contributed by atoms with E-state index < -0.39 is 0 Å². The number of hydrogen-bond acceptors (Lipinski definition) is 2. The Bertz CT molecular complexity index is 586. The van der Waals surface area contributed by atoms with E-state index in [1.54, 1.807) is 12.1 Å². The van der Waals surface area contributed by atoms with Gasteiger partial charge in [-0.15, -0.1) is 0 Å². The molecule has 1 saturated heterocycles. The van der Waals surface area contributed by atoms with Gasteiger partial charge in [-0.05, 0) is 37.6 Å². The summed E-state index contributed by atoms with van der Waals surface area (Å²) >= 11 is 5.87. The molecule has 1 aliphatic heterocycles. The van der Waals surface area contributed by atoms with E-state index in [1.165, 1.54) is 9.80 Å². The first-order valence-corrected chi connectivity index (χ1v) is 9.88. The predicted octanol–water partition coefficient (Wildman–Crippen LogP) is -0.633. The smallest absolute Gasteiger partial charge is 0.282 e. The largest absolute Gasteiger partial charge is 0.351 e. The lowest BCUT2D eigenvalue weighted by Crippen LogP contribution is -3.30. The quantitative estimate of drug-likeness (QED) is 0.452. The molecule has 0 bridgehead atoms. The maximum absolute atomic E-state index is 12.5. The van der Waals surface area contributed by atoms with Crippen molar-refractivity contribution in [3.8, 4) is 0 Å². The van der Waals surface area contributed by atoms with Crippen LogP contribution in [0.2, 0.25) is 5.02 Å². The molecule has 26 heavy (non-hydrogen) atoms. The number of anilines is 1. The van der Waals surface area contributed by atoms with Gasteiger partial charge in [0.1, 0.15) is 26.2 Å². The van der Waals surface area contributed by atoms with Crippen molar-refractivity contribution < 1.29 is 19.4 Å². The summed E-state index contributed by atoms with van der Waals surface area (Å²) in [6.07, 6.45) is 2.12. The van der Waals surface area contributed by atoms with Crippen LogP contribution in [0.1, 0.15) is 26.7 Å². The third-order valence-electron chi connectivity index (χ3n) is 4.98. The molecule has 2 rings (SSSR count). The van der Waals surface area contributed by atoms with Gasteiger partial charge in [-0.1, -0.05) is 24.9 Å². The minimum atomic E-state index is -0.120. The fraction of sp³-hybridized carbons (Fsp3) is 0.579. The molecule has 0 aliphatic carbocycles. The minimum absolute atomic E-state index is 0.0167. The molecular formula is C19H31ClN4O2+2. The Labute approximate surface area is 160 Å². The van der Waals surface area contributed by atoms with Crippen LogP contribution in [0.5, 0.6) is 0 Å². The molecule has 7 heteroatoms. The number of nitrogens with one attached hydrogen (secondary N) is 4. The van der Waals surface area contributed by atoms with Crippen LogP contribution in [0.4, 0.5) is 5.69 Å². The number of benzene rings is 1. The molecule has 0 saturated carbocycles. The molecule has 144 valence electrons. The van der Waals surface area contributed by atoms with Gasteiger partial charge in [-0.3, -0.25) is 9.59 Å². The van der Waals surface area contributed by atoms with Gasteiger partial charge in [0.05, 0.1) is 0 Å². The van der Waals surface area contributed by atoms with Gasteiger partial charge in [0.2, 0.25) is 0 Å². The van der Waals surface area contributed by atoms with Crippen molar-refractivity contribution in [1.82, 2.24) is 5.32 Å². The van der Waals surface area contributed by atoms with Crippen LogP contribution >= 0.6 is 11.6 Å². The molecule has 6 nitrogen and oxygen atoms in total. The first kappa shape index (κ1) is 20.7. The number of hydrogen-bond donors (Lipinski definition) is 4. The molecule has 0 radical (unpaired) electrons. The Kier molecular flexibility index (Phi) is 8.35. The number of piperazine rings is 1. The van der Waals surface area contributed by atoms with Gasteiger partial charge in [0, 0.05) is 17.3 Å². The zero-order valence-corrected chi connectivity index (χ0v) is 16.5. The fourth-order valence-corrected chi connectivity index (χ4v) is 3.32. The first-order chi connectivity index (χ1) is 12.5. The van der Waals surface area contributed by atoms with E-state index in [2.05, 4.69) is 17.6 Å². The van der Waals surface area contributed by atoms with E-state index in [0.717, 1.165) is 51.3 Å². The maximum Gasteiger partial charge on any atom is 0.282 e. The van der Waals surface area contributed by atoms with Crippen molar-refractivity contribution in [2.24, 2.45) is 0 Å². The zero-order valence-electron chi connectivity index (χ0n) is 15.7. The zero-order chi connectivity index (χ0) is 18.9. The SMILES string of the molecule is CCCCNC(=O)C[NH+]1CC[NH+]([C@@H](C)C(=O)Nc2ccc(Cl)cc2)CC1. The van der Waals surface area contributed by atoms with Crippen LogP contribution in [0.15, 0.2) is 24.3 Å². The van der Waals surface area contributed by atoms with Gasteiger partial charge >= 0.3 is 0 Å². The van der Waals surface area contributed by atoms with E-state index in [-0.39, 0.29) is 17.9 Å². The number of carbonyl (C=O) groups excluding carboxylic acids is 2. The Morgan fingerprint density at radius 3 is 2.42 bits per heavy atom. The Balaban J connectivity index is 1.73. The van der Waals surface area contributed by atoms with Gasteiger partial charge in [0.25, 0.3) is 11.8 Å². The normalized spacial score (nSPS) is 21.0. The topological polar surface area (TPSA) is 67.1 Å². The van der Waals surface area contributed by atoms with E-state index >= 15 is 0 Å². The number of amides is 2. The lowest BCUT2D eigenvalue weighted by Gasteiger charge is -2.32. The summed E-state index contributed by atoms with van der Waals surface area (Å²) in [5.41, 5.74) is 0.763. The summed E-state index contributed by atoms with van der Waals surface area (Å²) in [4.78, 5) is 27.0. The van der Waals surface area contributed by atoms with Gasteiger partial charge < -0.3 is 20.4 Å². The number of unbranched alkanes of at least 4 members (excludes halogenated alkanes) is 1. The van der Waals surface area contributed by atoms with Gasteiger partial charge in [0.15, 0.2) is 12.6 Å². The summed E-state index contributed by atoms with van der Waals surface area (Å²) < 4.78 is 0. The van der Waals surface area contributed by atoms with Crippen molar-refractivity contribution in [3.05, 3.63) is 29.3 Å². The van der Waals surface area contributed by atoms with Crippen molar-refractivity contribution in [2.75, 3.05) is 44.6 Å². The number of halogens is 1. The van der Waals surface area contributed by atoms with E-state index in [9.17, 15) is 9.59 Å². The Morgan fingerprint density at radius 1 is 1.15 bits per heavy atom. The van der Waals surface area contributed by atoms with Gasteiger partial charge in [-0.2, -0.15) is 0 Å². The number of carbonyl (C=O) groups is 2. The maximum atomic E-state index is 12.5. The molecule has 4 N–H and O–H groups in total. The molecule has 1 aromatic rings. The molecule has 1 aliphatic rings. The summed E-state index contributed by atoms with van der Waals surface area (Å²) in [7, 11) is 0. The third-order valence-corrected chi connectivity index (χ3v) is 5.23. The summed E-state index contributed by atoms with van der Waals surface area (Å²) in [6, 6.07) is 7.03. The molecule has 2 amide bonds. The highest BCUT2D eigenvalue weighted by Gasteiger charge is 2.31. The van der Waals surface area contributed by atoms with Crippen LogP contribution in [-0.4, -0.2) is 57.1 Å². The average molecular weight is 383 g/mol. The average Bonchev–Trinajstić information content (AvgIpc) is 2.64. The second-order valence-corrected chi connectivity index (χ2v) is 7.44. The highest BCUT2D eigenvalue weighted by atomic mass is 35.5. The molecular weight excluding hydrogens is 352 g/mol. The Morgan fingerprint density at radius 2 is 1.81 bits per heavy atom. The predicted molar refractivity (Wildman–Crippen MR) is 104 cm³/mol. The number of rotatable bonds is 8. The molecule has 0 spiro atoms. The lowest BCUT2D eigenvalue weighted by molar-refractivity contribution is -1.01. The number of quaternary nitrogens is 2. The van der Waals surface area contributed by atoms with Crippen molar-refractivity contribution in [1.29, 1.82) is 0 Å². The molecule has 1 heterocycles. The lowest BCUT2D eigenvalue weighted by atomic mass is 10.2. The summed E-state index contributed by atoms with van der Waals surface area (Å²) in [6.45, 7) is 8.99. The summed E-state index contributed by atoms with van der Waals surface area (Å²) in [5, 5.41) is 6.58. The van der Waals surface area contributed by atoms with Crippen molar-refractivity contribution >= 4 is 29.1 Å². The van der Waals surface area contributed by atoms with Crippen LogP contribution in [-0.2, 0) is 9.59 Å². The van der Waals surface area contributed by atoms with E-state index in [4.69, 9.17) is 11.6 Å². The monoisotopic (exact) mass is 382 g/mol. The third kappa shape index (κ3) is 6.59. The molecule has 1 atom stereocenters. The van der Waals surface area contributed by atoms with Crippen LogP contribution < -0.4 is 20.4 Å². The minimum Gasteiger partial charge on any atom is -0.351 e. The highest BCUT2D eigenvalue weighted by Crippen LogP contribution is 2.13. The van der Waals surface area contributed by atoms with E-state index in [0.29, 0.717) is 11.6 Å². The molecule has 0 aromatic heterocycles. The van der Waals surface area contributed by atoms with E-state index in [1.807, 2.05) is 19.1 Å². The second-order valence-electron chi connectivity index (χ2n) is 7.01. The molecule has 0 unspecified atom stereocenters. The first-order valence-electron chi connectivity index (χ1n) is 9.51. The Hall–Kier alpha value is -1.63. The second kappa shape index (κ2) is 10.5. The van der Waals surface area contributed by atoms with Gasteiger partial charge in [-0.25, -0.2) is 0 Å². The molecule has 1 fully saturated rings. The highest BCUT2D eigenvalue weighted by molar-refractivity contribution is 6.30. The van der Waals surface area contributed by atoms with Crippen LogP contribution in [0.3, 0.4) is 0 Å². The van der Waals surface area contributed by atoms with Crippen LogP contribution in [0.25, 0.3) is 0 Å². The fourth-order valence-electron chi connectivity index (χ4n) is 3.20. The summed E-state index contributed by atoms with van der Waals surface area (Å²) in [5.74, 6) is 0.147.